The fourth-order valence-corrected chi connectivity index (χ4v) is 3.28. The Balaban J connectivity index is 1.94. The zero-order valence-corrected chi connectivity index (χ0v) is 14.6. The molecule has 0 saturated heterocycles. The molecule has 0 aliphatic rings. The van der Waals surface area contributed by atoms with Gasteiger partial charge in [0, 0.05) is 45.0 Å². The minimum Gasteiger partial charge on any atom is -0.330 e. The van der Waals surface area contributed by atoms with E-state index in [1.807, 2.05) is 42.8 Å². The van der Waals surface area contributed by atoms with Gasteiger partial charge >= 0.3 is 0 Å². The van der Waals surface area contributed by atoms with E-state index in [1.54, 1.807) is 13.2 Å². The van der Waals surface area contributed by atoms with Gasteiger partial charge in [0.05, 0.1) is 0 Å². The fraction of sp³-hybridized carbons (Fsp3) is 0.438. The van der Waals surface area contributed by atoms with Crippen LogP contribution in [0.2, 0.25) is 0 Å². The van der Waals surface area contributed by atoms with Crippen molar-refractivity contribution < 1.29 is 8.42 Å². The third-order valence-electron chi connectivity index (χ3n) is 3.74. The van der Waals surface area contributed by atoms with Crippen molar-refractivity contribution in [1.29, 1.82) is 0 Å². The number of nitrogens with one attached hydrogen (secondary N) is 1. The van der Waals surface area contributed by atoms with E-state index < -0.39 is 10.2 Å². The summed E-state index contributed by atoms with van der Waals surface area (Å²) in [6.07, 6.45) is 4.20. The van der Waals surface area contributed by atoms with Gasteiger partial charge in [-0.1, -0.05) is 30.3 Å². The Labute approximate surface area is 138 Å². The van der Waals surface area contributed by atoms with Gasteiger partial charge in [0.2, 0.25) is 0 Å². The van der Waals surface area contributed by atoms with E-state index in [0.717, 1.165) is 12.4 Å². The van der Waals surface area contributed by atoms with E-state index in [4.69, 9.17) is 0 Å². The molecule has 1 aromatic carbocycles. The van der Waals surface area contributed by atoms with Gasteiger partial charge in [0.15, 0.2) is 0 Å². The van der Waals surface area contributed by atoms with Gasteiger partial charge in [-0.15, -0.1) is 0 Å². The Bertz CT molecular complexity index is 711. The second-order valence-corrected chi connectivity index (χ2v) is 7.53. The predicted octanol–water partition coefficient (Wildman–Crippen LogP) is 1.65. The highest BCUT2D eigenvalue weighted by atomic mass is 32.2. The lowest BCUT2D eigenvalue weighted by Crippen LogP contribution is -2.42. The Morgan fingerprint density at radius 1 is 1.26 bits per heavy atom. The normalized spacial score (nSPS) is 12.2. The maximum atomic E-state index is 12.1. The van der Waals surface area contributed by atoms with E-state index in [2.05, 4.69) is 21.8 Å². The molecule has 0 aliphatic heterocycles. The molecule has 0 fully saturated rings. The summed E-state index contributed by atoms with van der Waals surface area (Å²) in [5.41, 5.74) is 1.19. The number of hydrogen-bond acceptors (Lipinski definition) is 3. The van der Waals surface area contributed by atoms with Crippen LogP contribution in [-0.4, -0.2) is 41.9 Å². The summed E-state index contributed by atoms with van der Waals surface area (Å²) < 4.78 is 30.1. The van der Waals surface area contributed by atoms with Crippen LogP contribution in [0.5, 0.6) is 0 Å². The summed E-state index contributed by atoms with van der Waals surface area (Å²) in [7, 11) is -1.87. The summed E-state index contributed by atoms with van der Waals surface area (Å²) in [6, 6.07) is 10.0. The zero-order valence-electron chi connectivity index (χ0n) is 13.8. The van der Waals surface area contributed by atoms with Gasteiger partial charge in [-0.25, -0.2) is 9.71 Å². The highest BCUT2D eigenvalue weighted by Crippen LogP contribution is 2.06. The summed E-state index contributed by atoms with van der Waals surface area (Å²) >= 11 is 0. The Kier molecular flexibility index (Phi) is 5.92. The van der Waals surface area contributed by atoms with Crippen molar-refractivity contribution in [3.05, 3.63) is 54.1 Å². The van der Waals surface area contributed by atoms with Crippen LogP contribution in [0, 0.1) is 0 Å². The van der Waals surface area contributed by atoms with Crippen LogP contribution in [0.1, 0.15) is 25.2 Å². The van der Waals surface area contributed by atoms with Gasteiger partial charge in [0.1, 0.15) is 5.82 Å². The first-order valence-electron chi connectivity index (χ1n) is 7.66. The summed E-state index contributed by atoms with van der Waals surface area (Å²) in [5.74, 6) is 0.865. The predicted molar refractivity (Wildman–Crippen MR) is 91.3 cm³/mol. The second-order valence-electron chi connectivity index (χ2n) is 5.72. The second kappa shape index (κ2) is 7.72. The molecule has 23 heavy (non-hydrogen) atoms. The monoisotopic (exact) mass is 336 g/mol. The number of imidazole rings is 1. The van der Waals surface area contributed by atoms with Gasteiger partial charge in [-0.2, -0.15) is 12.7 Å². The molecular weight excluding hydrogens is 312 g/mol. The molecule has 1 aromatic heterocycles. The van der Waals surface area contributed by atoms with Crippen molar-refractivity contribution >= 4 is 10.2 Å². The fourth-order valence-electron chi connectivity index (χ4n) is 2.16. The molecule has 126 valence electrons. The van der Waals surface area contributed by atoms with Crippen molar-refractivity contribution in [2.24, 2.45) is 0 Å². The standard InChI is InChI=1S/C16H24N4O2S/c1-14(2)19(3)23(21,22)18-10-9-16-17-11-12-20(16)13-15-7-5-4-6-8-15/h4-8,11-12,14,18H,9-10,13H2,1-3H3. The van der Waals surface area contributed by atoms with Crippen LogP contribution in [0.25, 0.3) is 0 Å². The van der Waals surface area contributed by atoms with E-state index in [9.17, 15) is 8.42 Å². The van der Waals surface area contributed by atoms with Gasteiger partial charge in [0.25, 0.3) is 10.2 Å². The number of aromatic nitrogens is 2. The number of hydrogen-bond donors (Lipinski definition) is 1. The molecule has 0 bridgehead atoms. The third kappa shape index (κ3) is 4.89. The third-order valence-corrected chi connectivity index (χ3v) is 5.49. The van der Waals surface area contributed by atoms with E-state index in [1.165, 1.54) is 9.87 Å². The van der Waals surface area contributed by atoms with Crippen LogP contribution < -0.4 is 4.72 Å². The maximum absolute atomic E-state index is 12.1. The number of benzene rings is 1. The van der Waals surface area contributed by atoms with Crippen molar-refractivity contribution in [2.45, 2.75) is 32.9 Å². The molecule has 0 unspecified atom stereocenters. The maximum Gasteiger partial charge on any atom is 0.279 e. The topological polar surface area (TPSA) is 67.2 Å². The Morgan fingerprint density at radius 3 is 2.61 bits per heavy atom. The Morgan fingerprint density at radius 2 is 1.96 bits per heavy atom. The largest absolute Gasteiger partial charge is 0.330 e. The van der Waals surface area contributed by atoms with Gasteiger partial charge < -0.3 is 4.57 Å². The molecule has 2 aromatic rings. The first-order valence-corrected chi connectivity index (χ1v) is 9.10. The van der Waals surface area contributed by atoms with Gasteiger partial charge in [-0.05, 0) is 19.4 Å². The minimum atomic E-state index is -3.44. The summed E-state index contributed by atoms with van der Waals surface area (Å²) in [5, 5.41) is 0. The highest BCUT2D eigenvalue weighted by molar-refractivity contribution is 7.87. The summed E-state index contributed by atoms with van der Waals surface area (Å²) in [4.78, 5) is 4.33. The average Bonchev–Trinajstić information content (AvgIpc) is 2.94. The van der Waals surface area contributed by atoms with E-state index in [-0.39, 0.29) is 6.04 Å². The molecule has 0 aliphatic carbocycles. The molecule has 0 amide bonds. The molecule has 1 heterocycles. The highest BCUT2D eigenvalue weighted by Gasteiger charge is 2.19. The first kappa shape index (κ1) is 17.7. The average molecular weight is 336 g/mol. The van der Waals surface area contributed by atoms with E-state index in [0.29, 0.717) is 13.0 Å². The first-order chi connectivity index (χ1) is 10.9. The van der Waals surface area contributed by atoms with Crippen LogP contribution >= 0.6 is 0 Å². The molecule has 0 radical (unpaired) electrons. The molecule has 6 nitrogen and oxygen atoms in total. The van der Waals surface area contributed by atoms with Gasteiger partial charge in [-0.3, -0.25) is 0 Å². The summed E-state index contributed by atoms with van der Waals surface area (Å²) in [6.45, 7) is 4.73. The quantitative estimate of drug-likeness (QED) is 0.797. The lowest BCUT2D eigenvalue weighted by atomic mass is 10.2. The van der Waals surface area contributed by atoms with Crippen LogP contribution in [0.15, 0.2) is 42.7 Å². The zero-order chi connectivity index (χ0) is 16.9. The van der Waals surface area contributed by atoms with E-state index >= 15 is 0 Å². The number of nitrogens with zero attached hydrogens (tertiary/aromatic N) is 3. The lowest BCUT2D eigenvalue weighted by molar-refractivity contribution is 0.402. The molecule has 0 atom stereocenters. The molecule has 2 rings (SSSR count). The molecular formula is C16H24N4O2S. The lowest BCUT2D eigenvalue weighted by Gasteiger charge is -2.21. The molecule has 0 spiro atoms. The van der Waals surface area contributed by atoms with Crippen molar-refractivity contribution in [2.75, 3.05) is 13.6 Å². The molecule has 7 heteroatoms. The Hall–Kier alpha value is -1.70. The van der Waals surface area contributed by atoms with Crippen molar-refractivity contribution in [3.8, 4) is 0 Å². The van der Waals surface area contributed by atoms with Crippen LogP contribution in [0.4, 0.5) is 0 Å². The molecule has 0 saturated carbocycles. The van der Waals surface area contributed by atoms with Crippen molar-refractivity contribution in [1.82, 2.24) is 18.6 Å². The smallest absolute Gasteiger partial charge is 0.279 e. The number of rotatable bonds is 8. The minimum absolute atomic E-state index is 0.0763. The van der Waals surface area contributed by atoms with Crippen molar-refractivity contribution in [3.63, 3.8) is 0 Å². The molecule has 1 N–H and O–H groups in total. The SMILES string of the molecule is CC(C)N(C)S(=O)(=O)NCCc1nccn1Cc1ccccc1. The van der Waals surface area contributed by atoms with Crippen LogP contribution in [0.3, 0.4) is 0 Å². The van der Waals surface area contributed by atoms with Crippen LogP contribution in [-0.2, 0) is 23.2 Å².